The van der Waals surface area contributed by atoms with Crippen LogP contribution in [-0.4, -0.2) is 41.2 Å². The van der Waals surface area contributed by atoms with E-state index in [1.54, 1.807) is 20.8 Å². The Bertz CT molecular complexity index is 1050. The zero-order valence-electron chi connectivity index (χ0n) is 18.8. The first-order chi connectivity index (χ1) is 15.8. The lowest BCUT2D eigenvalue weighted by Crippen LogP contribution is -2.47. The average molecular weight is 500 g/mol. The van der Waals surface area contributed by atoms with Crippen molar-refractivity contribution in [1.29, 1.82) is 0 Å². The first-order valence-electron chi connectivity index (χ1n) is 10.6. The number of pyridine rings is 1. The summed E-state index contributed by atoms with van der Waals surface area (Å²) in [5.41, 5.74) is -2.06. The summed E-state index contributed by atoms with van der Waals surface area (Å²) in [6, 6.07) is 5.19. The van der Waals surface area contributed by atoms with Gasteiger partial charge in [-0.2, -0.15) is 13.2 Å². The van der Waals surface area contributed by atoms with Gasteiger partial charge in [-0.3, -0.25) is 4.79 Å². The molecule has 0 radical (unpaired) electrons. The first kappa shape index (κ1) is 25.8. The van der Waals surface area contributed by atoms with E-state index in [0.29, 0.717) is 13.0 Å². The number of rotatable bonds is 6. The van der Waals surface area contributed by atoms with Gasteiger partial charge in [0.05, 0.1) is 17.2 Å². The fourth-order valence-corrected chi connectivity index (χ4v) is 3.63. The van der Waals surface area contributed by atoms with Gasteiger partial charge in [-0.25, -0.2) is 9.78 Å². The Morgan fingerprint density at radius 2 is 1.97 bits per heavy atom. The highest BCUT2D eigenvalue weighted by Gasteiger charge is 2.37. The summed E-state index contributed by atoms with van der Waals surface area (Å²) in [7, 11) is 0. The van der Waals surface area contributed by atoms with Crippen molar-refractivity contribution in [2.24, 2.45) is 0 Å². The maximum atomic E-state index is 13.6. The van der Waals surface area contributed by atoms with Crippen molar-refractivity contribution >= 4 is 29.2 Å². The quantitative estimate of drug-likeness (QED) is 0.436. The Hall–Kier alpha value is -2.85. The largest absolute Gasteiger partial charge is 0.477 e. The molecule has 0 saturated carbocycles. The number of hydrogen-bond acceptors (Lipinski definition) is 6. The Morgan fingerprint density at radius 1 is 1.24 bits per heavy atom. The molecule has 2 aromatic rings. The predicted molar refractivity (Wildman–Crippen MR) is 120 cm³/mol. The number of benzene rings is 1. The lowest BCUT2D eigenvalue weighted by molar-refractivity contribution is -0.164. The Labute approximate surface area is 200 Å². The maximum absolute atomic E-state index is 13.6. The minimum atomic E-state index is -4.72. The fourth-order valence-electron chi connectivity index (χ4n) is 3.43. The molecule has 1 fully saturated rings. The zero-order valence-corrected chi connectivity index (χ0v) is 19.6. The summed E-state index contributed by atoms with van der Waals surface area (Å²) in [5, 5.41) is 5.41. The van der Waals surface area contributed by atoms with Crippen LogP contribution in [0, 0.1) is 0 Å². The summed E-state index contributed by atoms with van der Waals surface area (Å²) < 4.78 is 52.0. The number of anilines is 1. The molecule has 2 heterocycles. The van der Waals surface area contributed by atoms with Crippen LogP contribution in [0.25, 0.3) is 0 Å². The van der Waals surface area contributed by atoms with E-state index in [0.717, 1.165) is 18.6 Å². The molecular formula is C23H25ClF3N3O4. The van der Waals surface area contributed by atoms with Gasteiger partial charge < -0.3 is 20.1 Å². The van der Waals surface area contributed by atoms with Crippen LogP contribution in [-0.2, 0) is 15.7 Å². The number of nitrogens with one attached hydrogen (secondary N) is 2. The molecule has 2 atom stereocenters. The van der Waals surface area contributed by atoms with Gasteiger partial charge in [-0.15, -0.1) is 0 Å². The smallest absolute Gasteiger partial charge is 0.416 e. The van der Waals surface area contributed by atoms with E-state index < -0.39 is 41.4 Å². The maximum Gasteiger partial charge on any atom is 0.416 e. The predicted octanol–water partition coefficient (Wildman–Crippen LogP) is 4.85. The fraction of sp³-hybridized carbons (Fsp3) is 0.435. The molecule has 34 heavy (non-hydrogen) atoms. The number of nitrogens with zero attached hydrogens (tertiary/aromatic N) is 1. The highest BCUT2D eigenvalue weighted by atomic mass is 35.5. The van der Waals surface area contributed by atoms with E-state index in [1.807, 2.05) is 0 Å². The molecule has 0 aliphatic carbocycles. The second-order valence-electron chi connectivity index (χ2n) is 8.81. The van der Waals surface area contributed by atoms with E-state index in [1.165, 1.54) is 24.4 Å². The SMILES string of the molecule is CC(C)(C)OC(=O)[C@H](Oc1cc(NC(=O)c2cccnc2Cl)cc(C(F)(F)F)c1)C1CCCN1. The topological polar surface area (TPSA) is 89.5 Å². The number of aromatic nitrogens is 1. The van der Waals surface area contributed by atoms with Gasteiger partial charge in [0.15, 0.2) is 0 Å². The van der Waals surface area contributed by atoms with Gasteiger partial charge in [-0.1, -0.05) is 11.6 Å². The minimum absolute atomic E-state index is 0.00849. The van der Waals surface area contributed by atoms with E-state index in [2.05, 4.69) is 15.6 Å². The van der Waals surface area contributed by atoms with Gasteiger partial charge in [-0.05, 0) is 64.4 Å². The summed E-state index contributed by atoms with van der Waals surface area (Å²) in [4.78, 5) is 29.2. The number of carbonyl (C=O) groups excluding carboxylic acids is 2. The third-order valence-electron chi connectivity index (χ3n) is 4.86. The molecule has 1 aromatic heterocycles. The second kappa shape index (κ2) is 10.2. The standard InChI is InChI=1S/C23H25ClF3N3O4/c1-22(2,3)34-21(32)18(17-7-5-8-28-17)33-15-11-13(23(25,26)27)10-14(12-15)30-20(31)16-6-4-9-29-19(16)24/h4,6,9-12,17-18,28H,5,7-8H2,1-3H3,(H,30,31)/t17?,18-/m1/s1. The number of halogens is 4. The van der Waals surface area contributed by atoms with Crippen molar-refractivity contribution in [3.05, 3.63) is 52.8 Å². The minimum Gasteiger partial charge on any atom is -0.477 e. The van der Waals surface area contributed by atoms with Crippen LogP contribution in [0.15, 0.2) is 36.5 Å². The van der Waals surface area contributed by atoms with Crippen molar-refractivity contribution in [2.75, 3.05) is 11.9 Å². The Morgan fingerprint density at radius 3 is 2.56 bits per heavy atom. The highest BCUT2D eigenvalue weighted by Crippen LogP contribution is 2.35. The molecule has 2 N–H and O–H groups in total. The summed E-state index contributed by atoms with van der Waals surface area (Å²) in [6.45, 7) is 5.70. The van der Waals surface area contributed by atoms with Crippen molar-refractivity contribution in [1.82, 2.24) is 10.3 Å². The molecule has 1 aliphatic heterocycles. The monoisotopic (exact) mass is 499 g/mol. The van der Waals surface area contributed by atoms with Crippen LogP contribution in [0.1, 0.15) is 49.5 Å². The van der Waals surface area contributed by atoms with Gasteiger partial charge in [0.2, 0.25) is 6.10 Å². The molecule has 3 rings (SSSR count). The summed E-state index contributed by atoms with van der Waals surface area (Å²) >= 11 is 5.91. The first-order valence-corrected chi connectivity index (χ1v) is 11.0. The number of carbonyl (C=O) groups is 2. The zero-order chi connectivity index (χ0) is 25.1. The van der Waals surface area contributed by atoms with E-state index >= 15 is 0 Å². The molecule has 11 heteroatoms. The van der Waals surface area contributed by atoms with Crippen LogP contribution in [0.2, 0.25) is 5.15 Å². The van der Waals surface area contributed by atoms with Crippen molar-refractivity contribution < 1.29 is 32.2 Å². The molecule has 0 spiro atoms. The molecule has 184 valence electrons. The second-order valence-corrected chi connectivity index (χ2v) is 9.17. The molecule has 1 aromatic carbocycles. The number of esters is 1. The third-order valence-corrected chi connectivity index (χ3v) is 5.16. The van der Waals surface area contributed by atoms with Gasteiger partial charge >= 0.3 is 12.1 Å². The number of alkyl halides is 3. The van der Waals surface area contributed by atoms with Gasteiger partial charge in [0.1, 0.15) is 16.5 Å². The lowest BCUT2D eigenvalue weighted by Gasteiger charge is -2.28. The van der Waals surface area contributed by atoms with Crippen LogP contribution < -0.4 is 15.4 Å². The van der Waals surface area contributed by atoms with Crippen molar-refractivity contribution in [3.63, 3.8) is 0 Å². The molecule has 1 saturated heterocycles. The molecule has 7 nitrogen and oxygen atoms in total. The third kappa shape index (κ3) is 6.83. The Kier molecular flexibility index (Phi) is 7.72. The summed E-state index contributed by atoms with van der Waals surface area (Å²) in [5.74, 6) is -1.69. The average Bonchev–Trinajstić information content (AvgIpc) is 3.24. The van der Waals surface area contributed by atoms with Crippen LogP contribution in [0.4, 0.5) is 18.9 Å². The molecule has 1 aliphatic rings. The van der Waals surface area contributed by atoms with Gasteiger partial charge in [0.25, 0.3) is 5.91 Å². The summed E-state index contributed by atoms with van der Waals surface area (Å²) in [6.07, 6.45) is -3.16. The van der Waals surface area contributed by atoms with Crippen molar-refractivity contribution in [3.8, 4) is 5.75 Å². The normalized spacial score (nSPS) is 17.2. The van der Waals surface area contributed by atoms with Crippen LogP contribution in [0.3, 0.4) is 0 Å². The number of ether oxygens (including phenoxy) is 2. The number of amides is 1. The highest BCUT2D eigenvalue weighted by molar-refractivity contribution is 6.33. The van der Waals surface area contributed by atoms with Crippen molar-refractivity contribution in [2.45, 2.75) is 57.5 Å². The Balaban J connectivity index is 1.93. The van der Waals surface area contributed by atoms with Gasteiger partial charge in [0, 0.05) is 18.0 Å². The lowest BCUT2D eigenvalue weighted by atomic mass is 10.1. The van der Waals surface area contributed by atoms with Crippen LogP contribution >= 0.6 is 11.6 Å². The van der Waals surface area contributed by atoms with E-state index in [-0.39, 0.29) is 22.2 Å². The molecule has 1 amide bonds. The molecule has 0 bridgehead atoms. The van der Waals surface area contributed by atoms with E-state index in [9.17, 15) is 22.8 Å². The molecular weight excluding hydrogens is 475 g/mol. The number of hydrogen-bond donors (Lipinski definition) is 2. The van der Waals surface area contributed by atoms with Crippen LogP contribution in [0.5, 0.6) is 5.75 Å². The molecule has 1 unspecified atom stereocenters. The van der Waals surface area contributed by atoms with E-state index in [4.69, 9.17) is 21.1 Å².